The van der Waals surface area contributed by atoms with E-state index in [1.807, 2.05) is 61.3 Å². The highest BCUT2D eigenvalue weighted by atomic mass is 35.5. The number of likely N-dealkylation sites (N-methyl/N-ethyl adjacent to an activating group) is 2. The van der Waals surface area contributed by atoms with Gasteiger partial charge in [-0.15, -0.1) is 24.8 Å². The van der Waals surface area contributed by atoms with Crippen LogP contribution in [0.25, 0.3) is 0 Å². The van der Waals surface area contributed by atoms with Crippen molar-refractivity contribution in [2.45, 2.75) is 18.5 Å². The number of nitrogens with zero attached hydrogens (tertiary/aromatic N) is 2. The van der Waals surface area contributed by atoms with Crippen LogP contribution in [0, 0.1) is 0 Å². The number of carbonyl (C=O) groups excluding carboxylic acids is 1. The summed E-state index contributed by atoms with van der Waals surface area (Å²) in [6.45, 7) is 1.90. The Morgan fingerprint density at radius 2 is 1.81 bits per heavy atom. The summed E-state index contributed by atoms with van der Waals surface area (Å²) < 4.78 is 0. The molecule has 1 aliphatic heterocycles. The fourth-order valence-corrected chi connectivity index (χ4v) is 2.64. The summed E-state index contributed by atoms with van der Waals surface area (Å²) in [5, 5.41) is 3.31. The highest BCUT2D eigenvalue weighted by molar-refractivity contribution is 5.85. The predicted molar refractivity (Wildman–Crippen MR) is 91.4 cm³/mol. The number of nitrogens with one attached hydrogen (secondary N) is 1. The van der Waals surface area contributed by atoms with Gasteiger partial charge in [-0.3, -0.25) is 9.69 Å². The zero-order valence-corrected chi connectivity index (χ0v) is 14.4. The van der Waals surface area contributed by atoms with Gasteiger partial charge in [-0.25, -0.2) is 0 Å². The van der Waals surface area contributed by atoms with Gasteiger partial charge in [-0.2, -0.15) is 0 Å². The summed E-state index contributed by atoms with van der Waals surface area (Å²) in [5.41, 5.74) is 1.05. The third-order valence-electron chi connectivity index (χ3n) is 3.80. The molecule has 2 rings (SSSR count). The Kier molecular flexibility index (Phi) is 8.90. The monoisotopic (exact) mass is 333 g/mol. The first-order valence-corrected chi connectivity index (χ1v) is 6.80. The summed E-state index contributed by atoms with van der Waals surface area (Å²) in [6, 6.07) is 10.1. The first kappa shape index (κ1) is 20.2. The van der Waals surface area contributed by atoms with E-state index in [0.29, 0.717) is 6.04 Å². The molecule has 0 bridgehead atoms. The van der Waals surface area contributed by atoms with Crippen molar-refractivity contribution in [1.29, 1.82) is 0 Å². The average molecular weight is 334 g/mol. The van der Waals surface area contributed by atoms with Gasteiger partial charge in [0.15, 0.2) is 0 Å². The van der Waals surface area contributed by atoms with Gasteiger partial charge in [0, 0.05) is 19.6 Å². The molecule has 2 atom stereocenters. The van der Waals surface area contributed by atoms with Crippen LogP contribution in [0.5, 0.6) is 0 Å². The van der Waals surface area contributed by atoms with E-state index in [-0.39, 0.29) is 36.8 Å². The predicted octanol–water partition coefficient (Wildman–Crippen LogP) is 1.95. The fraction of sp³-hybridized carbons (Fsp3) is 0.533. The SMILES string of the molecule is CN(C)C(C(=O)N(C)C1CCNC1)c1ccccc1.Cl.Cl. The number of rotatable bonds is 4. The van der Waals surface area contributed by atoms with Crippen LogP contribution in [0.15, 0.2) is 30.3 Å². The van der Waals surface area contributed by atoms with Crippen molar-refractivity contribution in [1.82, 2.24) is 15.1 Å². The van der Waals surface area contributed by atoms with E-state index >= 15 is 0 Å². The van der Waals surface area contributed by atoms with E-state index in [1.54, 1.807) is 0 Å². The Morgan fingerprint density at radius 3 is 2.29 bits per heavy atom. The van der Waals surface area contributed by atoms with E-state index < -0.39 is 0 Å². The van der Waals surface area contributed by atoms with Gasteiger partial charge in [0.2, 0.25) is 5.91 Å². The molecule has 0 aliphatic carbocycles. The molecular formula is C15H25Cl2N3O. The lowest BCUT2D eigenvalue weighted by atomic mass is 10.0. The van der Waals surface area contributed by atoms with Gasteiger partial charge in [-0.1, -0.05) is 30.3 Å². The van der Waals surface area contributed by atoms with Crippen molar-refractivity contribution in [2.75, 3.05) is 34.2 Å². The van der Waals surface area contributed by atoms with Crippen molar-refractivity contribution >= 4 is 30.7 Å². The molecule has 1 heterocycles. The largest absolute Gasteiger partial charge is 0.340 e. The van der Waals surface area contributed by atoms with Crippen LogP contribution in [-0.4, -0.2) is 56.0 Å². The van der Waals surface area contributed by atoms with Gasteiger partial charge < -0.3 is 10.2 Å². The molecule has 6 heteroatoms. The zero-order chi connectivity index (χ0) is 13.8. The number of hydrogen-bond donors (Lipinski definition) is 1. The zero-order valence-electron chi connectivity index (χ0n) is 12.8. The second kappa shape index (κ2) is 9.26. The standard InChI is InChI=1S/C15H23N3O.2ClH/c1-17(2)14(12-7-5-4-6-8-12)15(19)18(3)13-9-10-16-11-13;;/h4-8,13-14,16H,9-11H2,1-3H3;2*1H. The second-order valence-corrected chi connectivity index (χ2v) is 5.37. The van der Waals surface area contributed by atoms with Gasteiger partial charge in [0.25, 0.3) is 0 Å². The number of halogens is 2. The number of benzene rings is 1. The number of carbonyl (C=O) groups is 1. The van der Waals surface area contributed by atoms with Crippen molar-refractivity contribution in [3.63, 3.8) is 0 Å². The lowest BCUT2D eigenvalue weighted by molar-refractivity contribution is -0.136. The smallest absolute Gasteiger partial charge is 0.244 e. The maximum atomic E-state index is 12.7. The van der Waals surface area contributed by atoms with Gasteiger partial charge in [0.05, 0.1) is 0 Å². The Morgan fingerprint density at radius 1 is 1.19 bits per heavy atom. The minimum Gasteiger partial charge on any atom is -0.340 e. The Balaban J connectivity index is 0.00000200. The van der Waals surface area contributed by atoms with Crippen LogP contribution in [0.1, 0.15) is 18.0 Å². The lowest BCUT2D eigenvalue weighted by Gasteiger charge is -2.31. The lowest BCUT2D eigenvalue weighted by Crippen LogP contribution is -2.44. The molecule has 1 saturated heterocycles. The van der Waals surface area contributed by atoms with Crippen LogP contribution in [0.4, 0.5) is 0 Å². The Labute approximate surface area is 139 Å². The molecular weight excluding hydrogens is 309 g/mol. The van der Waals surface area contributed by atoms with Crippen molar-refractivity contribution < 1.29 is 4.79 Å². The molecule has 120 valence electrons. The fourth-order valence-electron chi connectivity index (χ4n) is 2.64. The number of hydrogen-bond acceptors (Lipinski definition) is 3. The average Bonchev–Trinajstić information content (AvgIpc) is 2.92. The number of amides is 1. The molecule has 1 aromatic carbocycles. The molecule has 1 aliphatic rings. The molecule has 2 unspecified atom stereocenters. The van der Waals surface area contributed by atoms with Crippen LogP contribution in [0.3, 0.4) is 0 Å². The summed E-state index contributed by atoms with van der Waals surface area (Å²) in [7, 11) is 5.83. The van der Waals surface area contributed by atoms with Gasteiger partial charge >= 0.3 is 0 Å². The highest BCUT2D eigenvalue weighted by Gasteiger charge is 2.30. The molecule has 1 N–H and O–H groups in total. The topological polar surface area (TPSA) is 35.6 Å². The minimum atomic E-state index is -0.202. The summed E-state index contributed by atoms with van der Waals surface area (Å²) in [4.78, 5) is 16.6. The minimum absolute atomic E-state index is 0. The summed E-state index contributed by atoms with van der Waals surface area (Å²) in [5.74, 6) is 0.171. The molecule has 1 aromatic rings. The van der Waals surface area contributed by atoms with Gasteiger partial charge in [0.1, 0.15) is 6.04 Å². The maximum absolute atomic E-state index is 12.7. The third kappa shape index (κ3) is 4.85. The maximum Gasteiger partial charge on any atom is 0.244 e. The molecule has 1 amide bonds. The van der Waals surface area contributed by atoms with E-state index in [9.17, 15) is 4.79 Å². The summed E-state index contributed by atoms with van der Waals surface area (Å²) >= 11 is 0. The van der Waals surface area contributed by atoms with E-state index in [0.717, 1.165) is 25.1 Å². The van der Waals surface area contributed by atoms with E-state index in [2.05, 4.69) is 5.32 Å². The molecule has 0 radical (unpaired) electrons. The first-order chi connectivity index (χ1) is 9.11. The summed E-state index contributed by atoms with van der Waals surface area (Å²) in [6.07, 6.45) is 1.04. The first-order valence-electron chi connectivity index (χ1n) is 6.80. The highest BCUT2D eigenvalue weighted by Crippen LogP contribution is 2.22. The quantitative estimate of drug-likeness (QED) is 0.914. The second-order valence-electron chi connectivity index (χ2n) is 5.37. The van der Waals surface area contributed by atoms with Crippen LogP contribution in [-0.2, 0) is 4.79 Å². The van der Waals surface area contributed by atoms with Crippen LogP contribution < -0.4 is 5.32 Å². The molecule has 0 saturated carbocycles. The van der Waals surface area contributed by atoms with E-state index in [4.69, 9.17) is 0 Å². The van der Waals surface area contributed by atoms with Crippen LogP contribution >= 0.6 is 24.8 Å². The van der Waals surface area contributed by atoms with E-state index in [1.165, 1.54) is 0 Å². The molecule has 1 fully saturated rings. The van der Waals surface area contributed by atoms with Crippen molar-refractivity contribution in [3.05, 3.63) is 35.9 Å². The Hall–Kier alpha value is -0.810. The molecule has 21 heavy (non-hydrogen) atoms. The van der Waals surface area contributed by atoms with Crippen molar-refractivity contribution in [2.24, 2.45) is 0 Å². The van der Waals surface area contributed by atoms with Gasteiger partial charge in [-0.05, 0) is 32.6 Å². The molecule has 4 nitrogen and oxygen atoms in total. The third-order valence-corrected chi connectivity index (χ3v) is 3.80. The molecule has 0 aromatic heterocycles. The van der Waals surface area contributed by atoms with Crippen LogP contribution in [0.2, 0.25) is 0 Å². The molecule has 0 spiro atoms. The van der Waals surface area contributed by atoms with Crippen molar-refractivity contribution in [3.8, 4) is 0 Å². The Bertz CT molecular complexity index is 422. The normalized spacial score (nSPS) is 18.6.